The van der Waals surface area contributed by atoms with Gasteiger partial charge in [0.2, 0.25) is 0 Å². The molecule has 0 saturated carbocycles. The van der Waals surface area contributed by atoms with Crippen molar-refractivity contribution in [3.05, 3.63) is 0 Å². The molecule has 0 aromatic heterocycles. The summed E-state index contributed by atoms with van der Waals surface area (Å²) in [6.07, 6.45) is 2.91. The summed E-state index contributed by atoms with van der Waals surface area (Å²) in [5.74, 6) is 0.0662. The molecule has 0 aliphatic carbocycles. The lowest BCUT2D eigenvalue weighted by molar-refractivity contribution is -0.258. The lowest BCUT2D eigenvalue weighted by Crippen LogP contribution is -2.18. The van der Waals surface area contributed by atoms with Crippen molar-refractivity contribution in [3.8, 4) is 0 Å². The van der Waals surface area contributed by atoms with Crippen molar-refractivity contribution in [1.82, 2.24) is 0 Å². The standard InChI is InChI=1S/C8H16O3S/c1-3-4-5-7(6-12)8(9)11-10-2/h7,12H,3-6H2,1-2H3. The average Bonchev–Trinajstić information content (AvgIpc) is 2.06. The van der Waals surface area contributed by atoms with Crippen LogP contribution >= 0.6 is 12.6 Å². The Hall–Kier alpha value is -0.220. The molecule has 0 aliphatic heterocycles. The van der Waals surface area contributed by atoms with Gasteiger partial charge in [-0.15, -0.1) is 0 Å². The minimum atomic E-state index is -0.319. The Kier molecular flexibility index (Phi) is 7.29. The van der Waals surface area contributed by atoms with Gasteiger partial charge < -0.3 is 0 Å². The van der Waals surface area contributed by atoms with E-state index in [1.54, 1.807) is 0 Å². The molecule has 1 atom stereocenters. The molecule has 0 aromatic rings. The molecular formula is C8H16O3S. The second-order valence-corrected chi connectivity index (χ2v) is 2.96. The zero-order valence-corrected chi connectivity index (χ0v) is 8.47. The van der Waals surface area contributed by atoms with Crippen LogP contribution in [0.2, 0.25) is 0 Å². The molecule has 0 N–H and O–H groups in total. The summed E-state index contributed by atoms with van der Waals surface area (Å²) >= 11 is 4.06. The number of hydrogen-bond donors (Lipinski definition) is 1. The zero-order valence-electron chi connectivity index (χ0n) is 7.58. The van der Waals surface area contributed by atoms with E-state index >= 15 is 0 Å². The van der Waals surface area contributed by atoms with Crippen LogP contribution in [0.25, 0.3) is 0 Å². The molecule has 3 nitrogen and oxygen atoms in total. The number of rotatable bonds is 6. The molecule has 0 heterocycles. The van der Waals surface area contributed by atoms with Crippen molar-refractivity contribution in [3.63, 3.8) is 0 Å². The minimum Gasteiger partial charge on any atom is -0.298 e. The summed E-state index contributed by atoms with van der Waals surface area (Å²) < 4.78 is 0. The molecule has 0 bridgehead atoms. The van der Waals surface area contributed by atoms with Gasteiger partial charge in [0, 0.05) is 5.75 Å². The third kappa shape index (κ3) is 4.62. The van der Waals surface area contributed by atoms with E-state index in [1.807, 2.05) is 0 Å². The van der Waals surface area contributed by atoms with Crippen LogP contribution in [-0.2, 0) is 14.6 Å². The van der Waals surface area contributed by atoms with E-state index in [1.165, 1.54) is 7.11 Å². The van der Waals surface area contributed by atoms with Crippen LogP contribution in [0.4, 0.5) is 0 Å². The summed E-state index contributed by atoms with van der Waals surface area (Å²) in [4.78, 5) is 19.8. The number of thiol groups is 1. The van der Waals surface area contributed by atoms with E-state index in [4.69, 9.17) is 0 Å². The van der Waals surface area contributed by atoms with E-state index in [2.05, 4.69) is 29.3 Å². The maximum absolute atomic E-state index is 11.1. The molecule has 0 aliphatic rings. The largest absolute Gasteiger partial charge is 0.346 e. The van der Waals surface area contributed by atoms with Crippen molar-refractivity contribution in [2.75, 3.05) is 12.9 Å². The summed E-state index contributed by atoms with van der Waals surface area (Å²) in [5, 5.41) is 0. The quantitative estimate of drug-likeness (QED) is 0.396. The maximum atomic E-state index is 11.1. The van der Waals surface area contributed by atoms with E-state index < -0.39 is 0 Å². The first-order chi connectivity index (χ1) is 5.76. The van der Waals surface area contributed by atoms with E-state index in [-0.39, 0.29) is 11.9 Å². The van der Waals surface area contributed by atoms with Gasteiger partial charge in [0.1, 0.15) is 0 Å². The molecule has 0 saturated heterocycles. The van der Waals surface area contributed by atoms with Crippen LogP contribution in [0, 0.1) is 5.92 Å². The highest BCUT2D eigenvalue weighted by Gasteiger charge is 2.18. The van der Waals surface area contributed by atoms with Crippen LogP contribution in [0.5, 0.6) is 0 Å². The maximum Gasteiger partial charge on any atom is 0.346 e. The molecule has 4 heteroatoms. The number of unbranched alkanes of at least 4 members (excludes halogenated alkanes) is 1. The summed E-state index contributed by atoms with van der Waals surface area (Å²) in [5.41, 5.74) is 0. The molecule has 0 aromatic carbocycles. The Morgan fingerprint density at radius 1 is 1.58 bits per heavy atom. The summed E-state index contributed by atoms with van der Waals surface area (Å²) in [6.45, 7) is 2.08. The first-order valence-corrected chi connectivity index (χ1v) is 4.74. The van der Waals surface area contributed by atoms with Gasteiger partial charge >= 0.3 is 5.97 Å². The van der Waals surface area contributed by atoms with Crippen molar-refractivity contribution in [2.45, 2.75) is 26.2 Å². The molecular weight excluding hydrogens is 176 g/mol. The Morgan fingerprint density at radius 2 is 2.25 bits per heavy atom. The second-order valence-electron chi connectivity index (χ2n) is 2.59. The van der Waals surface area contributed by atoms with Crippen LogP contribution in [0.3, 0.4) is 0 Å². The van der Waals surface area contributed by atoms with Gasteiger partial charge in [0.25, 0.3) is 0 Å². The third-order valence-electron chi connectivity index (χ3n) is 1.63. The van der Waals surface area contributed by atoms with Gasteiger partial charge in [-0.3, -0.25) is 4.89 Å². The Balaban J connectivity index is 3.71. The minimum absolute atomic E-state index is 0.131. The van der Waals surface area contributed by atoms with Crippen molar-refractivity contribution in [1.29, 1.82) is 0 Å². The van der Waals surface area contributed by atoms with Crippen molar-refractivity contribution >= 4 is 18.6 Å². The Bertz CT molecular complexity index is 127. The zero-order chi connectivity index (χ0) is 9.40. The normalized spacial score (nSPS) is 12.6. The fourth-order valence-electron chi connectivity index (χ4n) is 0.884. The van der Waals surface area contributed by atoms with Crippen LogP contribution in [-0.4, -0.2) is 18.8 Å². The number of carbonyl (C=O) groups is 1. The third-order valence-corrected chi connectivity index (χ3v) is 2.07. The lowest BCUT2D eigenvalue weighted by Gasteiger charge is -2.10. The van der Waals surface area contributed by atoms with Crippen molar-refractivity contribution < 1.29 is 14.6 Å². The smallest absolute Gasteiger partial charge is 0.298 e. The van der Waals surface area contributed by atoms with Crippen LogP contribution in [0.15, 0.2) is 0 Å². The first-order valence-electron chi connectivity index (χ1n) is 4.11. The van der Waals surface area contributed by atoms with E-state index in [0.29, 0.717) is 5.75 Å². The average molecular weight is 192 g/mol. The second kappa shape index (κ2) is 7.43. The van der Waals surface area contributed by atoms with E-state index in [0.717, 1.165) is 19.3 Å². The van der Waals surface area contributed by atoms with Gasteiger partial charge in [-0.2, -0.15) is 17.5 Å². The number of carbonyl (C=O) groups excluding carboxylic acids is 1. The molecule has 1 unspecified atom stereocenters. The topological polar surface area (TPSA) is 35.5 Å². The lowest BCUT2D eigenvalue weighted by atomic mass is 10.1. The first kappa shape index (κ1) is 11.8. The van der Waals surface area contributed by atoms with Crippen molar-refractivity contribution in [2.24, 2.45) is 5.92 Å². The molecule has 0 amide bonds. The molecule has 0 fully saturated rings. The molecule has 0 radical (unpaired) electrons. The summed E-state index contributed by atoms with van der Waals surface area (Å²) in [7, 11) is 1.33. The van der Waals surface area contributed by atoms with Gasteiger partial charge in [-0.25, -0.2) is 4.79 Å². The highest BCUT2D eigenvalue weighted by Crippen LogP contribution is 2.11. The molecule has 12 heavy (non-hydrogen) atoms. The van der Waals surface area contributed by atoms with Gasteiger partial charge in [0.05, 0.1) is 13.0 Å². The highest BCUT2D eigenvalue weighted by molar-refractivity contribution is 7.80. The predicted molar refractivity (Wildman–Crippen MR) is 50.0 cm³/mol. The van der Waals surface area contributed by atoms with Gasteiger partial charge in [-0.1, -0.05) is 19.8 Å². The number of hydrogen-bond acceptors (Lipinski definition) is 4. The Labute approximate surface area is 78.8 Å². The highest BCUT2D eigenvalue weighted by atomic mass is 32.1. The van der Waals surface area contributed by atoms with Crippen LogP contribution < -0.4 is 0 Å². The molecule has 72 valence electrons. The summed E-state index contributed by atoms with van der Waals surface area (Å²) in [6, 6.07) is 0. The fourth-order valence-corrected chi connectivity index (χ4v) is 1.22. The van der Waals surface area contributed by atoms with E-state index in [9.17, 15) is 4.79 Å². The van der Waals surface area contributed by atoms with Gasteiger partial charge in [0.15, 0.2) is 0 Å². The Morgan fingerprint density at radius 3 is 2.67 bits per heavy atom. The van der Waals surface area contributed by atoms with Crippen LogP contribution in [0.1, 0.15) is 26.2 Å². The van der Waals surface area contributed by atoms with Gasteiger partial charge in [-0.05, 0) is 6.42 Å². The fraction of sp³-hybridized carbons (Fsp3) is 0.875. The molecule has 0 spiro atoms. The SMILES string of the molecule is CCCCC(CS)C(=O)OOC. The predicted octanol–water partition coefficient (Wildman–Crippen LogP) is 1.83. The monoisotopic (exact) mass is 192 g/mol. The molecule has 0 rings (SSSR count).